The molecule has 0 bridgehead atoms. The summed E-state index contributed by atoms with van der Waals surface area (Å²) >= 11 is 3.06. The van der Waals surface area contributed by atoms with Crippen molar-refractivity contribution in [3.63, 3.8) is 0 Å². The second-order valence-corrected chi connectivity index (χ2v) is 9.26. The van der Waals surface area contributed by atoms with Gasteiger partial charge in [0.25, 0.3) is 9.05 Å². The second-order valence-electron chi connectivity index (χ2n) is 3.70. The zero-order chi connectivity index (χ0) is 14.8. The van der Waals surface area contributed by atoms with Crippen LogP contribution < -0.4 is 5.32 Å². The number of carbonyl (C=O) groups is 1. The van der Waals surface area contributed by atoms with Crippen molar-refractivity contribution < 1.29 is 21.6 Å². The molecule has 0 unspecified atom stereocenters. The minimum Gasteiger partial charge on any atom is -0.324 e. The Labute approximate surface area is 123 Å². The van der Waals surface area contributed by atoms with Gasteiger partial charge in [0.05, 0.1) is 10.6 Å². The summed E-state index contributed by atoms with van der Waals surface area (Å²) in [6, 6.07) is 3.71. The number of nitrogens with one attached hydrogen (secondary N) is 1. The van der Waals surface area contributed by atoms with Gasteiger partial charge in [-0.3, -0.25) is 4.79 Å². The Bertz CT molecular complexity index is 714. The van der Waals surface area contributed by atoms with Crippen LogP contribution in [0.5, 0.6) is 0 Å². The molecule has 0 atom stereocenters. The van der Waals surface area contributed by atoms with E-state index < -0.39 is 30.5 Å². The van der Waals surface area contributed by atoms with Crippen LogP contribution in [0.4, 0.5) is 5.69 Å². The number of benzene rings is 1. The molecule has 1 rings (SSSR count). The largest absolute Gasteiger partial charge is 0.324 e. The van der Waals surface area contributed by atoms with Gasteiger partial charge >= 0.3 is 0 Å². The first kappa shape index (κ1) is 16.4. The first-order chi connectivity index (χ1) is 8.49. The molecule has 0 aliphatic heterocycles. The van der Waals surface area contributed by atoms with E-state index in [1.165, 1.54) is 18.2 Å². The summed E-state index contributed by atoms with van der Waals surface area (Å²) in [7, 11) is -2.14. The van der Waals surface area contributed by atoms with E-state index in [1.807, 2.05) is 0 Å². The molecule has 1 N–H and O–H groups in total. The molecular weight excluding hydrogens is 382 g/mol. The summed E-state index contributed by atoms with van der Waals surface area (Å²) in [5.74, 6) is -1.38. The Morgan fingerprint density at radius 3 is 2.32 bits per heavy atom. The van der Waals surface area contributed by atoms with Crippen molar-refractivity contribution in [1.29, 1.82) is 0 Å². The SMILES string of the molecule is CS(=O)(=O)CC(=O)Nc1ccc(S(=O)(=O)Cl)cc1Br. The highest BCUT2D eigenvalue weighted by molar-refractivity contribution is 9.10. The van der Waals surface area contributed by atoms with Crippen LogP contribution in [0.1, 0.15) is 0 Å². The summed E-state index contributed by atoms with van der Waals surface area (Å²) in [4.78, 5) is 11.3. The van der Waals surface area contributed by atoms with E-state index in [2.05, 4.69) is 21.2 Å². The summed E-state index contributed by atoms with van der Waals surface area (Å²) in [6.07, 6.45) is 0.935. The number of halogens is 2. The topological polar surface area (TPSA) is 97.4 Å². The maximum absolute atomic E-state index is 11.4. The molecular formula is C9H9BrClNO5S2. The first-order valence-electron chi connectivity index (χ1n) is 4.71. The van der Waals surface area contributed by atoms with Gasteiger partial charge in [0, 0.05) is 21.4 Å². The zero-order valence-electron chi connectivity index (χ0n) is 9.55. The van der Waals surface area contributed by atoms with Crippen molar-refractivity contribution in [2.45, 2.75) is 4.90 Å². The zero-order valence-corrected chi connectivity index (χ0v) is 13.5. The molecule has 106 valence electrons. The third kappa shape index (κ3) is 5.47. The van der Waals surface area contributed by atoms with Crippen molar-refractivity contribution >= 4 is 57.1 Å². The first-order valence-corrected chi connectivity index (χ1v) is 9.87. The number of carbonyl (C=O) groups excluding carboxylic acids is 1. The highest BCUT2D eigenvalue weighted by atomic mass is 79.9. The van der Waals surface area contributed by atoms with E-state index in [4.69, 9.17) is 10.7 Å². The van der Waals surface area contributed by atoms with Gasteiger partial charge in [-0.1, -0.05) is 0 Å². The third-order valence-corrected chi connectivity index (χ3v) is 4.68. The van der Waals surface area contributed by atoms with Gasteiger partial charge in [-0.05, 0) is 34.1 Å². The van der Waals surface area contributed by atoms with Crippen LogP contribution in [0.3, 0.4) is 0 Å². The summed E-state index contributed by atoms with van der Waals surface area (Å²) in [6.45, 7) is 0. The molecule has 10 heteroatoms. The fourth-order valence-electron chi connectivity index (χ4n) is 1.17. The van der Waals surface area contributed by atoms with Crippen LogP contribution in [0, 0.1) is 0 Å². The maximum atomic E-state index is 11.4. The maximum Gasteiger partial charge on any atom is 0.261 e. The Morgan fingerprint density at radius 1 is 1.32 bits per heavy atom. The van der Waals surface area contributed by atoms with Crippen LogP contribution in [0.15, 0.2) is 27.6 Å². The minimum atomic E-state index is -3.87. The van der Waals surface area contributed by atoms with E-state index in [9.17, 15) is 21.6 Å². The molecule has 0 heterocycles. The molecule has 6 nitrogen and oxygen atoms in total. The Hall–Kier alpha value is -0.640. The van der Waals surface area contributed by atoms with Crippen molar-refractivity contribution in [3.05, 3.63) is 22.7 Å². The standard InChI is InChI=1S/C9H9BrClNO5S2/c1-18(14,15)5-9(13)12-8-3-2-6(4-7(8)10)19(11,16)17/h2-4H,5H2,1H3,(H,12,13). The lowest BCUT2D eigenvalue weighted by atomic mass is 10.3. The van der Waals surface area contributed by atoms with Crippen LogP contribution in [0.25, 0.3) is 0 Å². The van der Waals surface area contributed by atoms with E-state index in [0.29, 0.717) is 0 Å². The summed E-state index contributed by atoms with van der Waals surface area (Å²) in [5, 5.41) is 2.34. The van der Waals surface area contributed by atoms with E-state index >= 15 is 0 Å². The summed E-state index contributed by atoms with van der Waals surface area (Å²) in [5.41, 5.74) is 0.248. The summed E-state index contributed by atoms with van der Waals surface area (Å²) < 4.78 is 44.3. The Balaban J connectivity index is 2.96. The molecule has 0 radical (unpaired) electrons. The number of sulfone groups is 1. The quantitative estimate of drug-likeness (QED) is 0.783. The number of rotatable bonds is 4. The molecule has 0 aromatic heterocycles. The number of amides is 1. The van der Waals surface area contributed by atoms with Crippen LogP contribution in [-0.4, -0.2) is 34.8 Å². The molecule has 1 amide bonds. The van der Waals surface area contributed by atoms with Gasteiger partial charge in [0.15, 0.2) is 9.84 Å². The molecule has 0 spiro atoms. The lowest BCUT2D eigenvalue weighted by Gasteiger charge is -2.07. The Kier molecular flexibility index (Phi) is 4.99. The van der Waals surface area contributed by atoms with Gasteiger partial charge in [-0.25, -0.2) is 16.8 Å². The van der Waals surface area contributed by atoms with Crippen molar-refractivity contribution in [2.75, 3.05) is 17.3 Å². The average Bonchev–Trinajstić information content (AvgIpc) is 2.16. The normalized spacial score (nSPS) is 12.2. The molecule has 0 saturated carbocycles. The molecule has 0 aliphatic carbocycles. The second kappa shape index (κ2) is 5.78. The van der Waals surface area contributed by atoms with Gasteiger partial charge in [0.1, 0.15) is 5.75 Å². The predicted molar refractivity (Wildman–Crippen MR) is 75.5 cm³/mol. The van der Waals surface area contributed by atoms with Crippen LogP contribution in [0.2, 0.25) is 0 Å². The lowest BCUT2D eigenvalue weighted by molar-refractivity contribution is -0.113. The van der Waals surface area contributed by atoms with Gasteiger partial charge < -0.3 is 5.32 Å². The third-order valence-electron chi connectivity index (χ3n) is 1.89. The van der Waals surface area contributed by atoms with Crippen molar-refractivity contribution in [1.82, 2.24) is 0 Å². The molecule has 0 saturated heterocycles. The highest BCUT2D eigenvalue weighted by Crippen LogP contribution is 2.27. The number of hydrogen-bond acceptors (Lipinski definition) is 5. The van der Waals surface area contributed by atoms with Gasteiger partial charge in [-0.15, -0.1) is 0 Å². The monoisotopic (exact) mass is 389 g/mol. The molecule has 0 fully saturated rings. The van der Waals surface area contributed by atoms with Gasteiger partial charge in [-0.2, -0.15) is 0 Å². The van der Waals surface area contributed by atoms with E-state index in [1.54, 1.807) is 0 Å². The number of hydrogen-bond donors (Lipinski definition) is 1. The van der Waals surface area contributed by atoms with E-state index in [0.717, 1.165) is 6.26 Å². The van der Waals surface area contributed by atoms with Gasteiger partial charge in [0.2, 0.25) is 5.91 Å². The molecule has 1 aromatic carbocycles. The molecule has 19 heavy (non-hydrogen) atoms. The minimum absolute atomic E-state index is 0.137. The van der Waals surface area contributed by atoms with Crippen molar-refractivity contribution in [2.24, 2.45) is 0 Å². The molecule has 0 aliphatic rings. The lowest BCUT2D eigenvalue weighted by Crippen LogP contribution is -2.22. The smallest absolute Gasteiger partial charge is 0.261 e. The fourth-order valence-corrected chi connectivity index (χ4v) is 3.13. The van der Waals surface area contributed by atoms with Crippen LogP contribution in [-0.2, 0) is 23.7 Å². The van der Waals surface area contributed by atoms with Crippen molar-refractivity contribution in [3.8, 4) is 0 Å². The highest BCUT2D eigenvalue weighted by Gasteiger charge is 2.15. The van der Waals surface area contributed by atoms with E-state index in [-0.39, 0.29) is 15.1 Å². The number of anilines is 1. The predicted octanol–water partition coefficient (Wildman–Crippen LogP) is 1.36. The fraction of sp³-hybridized carbons (Fsp3) is 0.222. The van der Waals surface area contributed by atoms with Crippen LogP contribution >= 0.6 is 26.6 Å². The molecule has 1 aromatic rings. The Morgan fingerprint density at radius 2 is 1.89 bits per heavy atom. The average molecular weight is 391 g/mol.